The van der Waals surface area contributed by atoms with Gasteiger partial charge < -0.3 is 19.5 Å². The second-order valence-corrected chi connectivity index (χ2v) is 2.74. The molecule has 0 aliphatic rings. The van der Waals surface area contributed by atoms with Crippen molar-refractivity contribution in [3.63, 3.8) is 0 Å². The van der Waals surface area contributed by atoms with Gasteiger partial charge in [0.15, 0.2) is 6.29 Å². The lowest BCUT2D eigenvalue weighted by Gasteiger charge is -2.16. The molecule has 0 aliphatic heterocycles. The fourth-order valence-electron chi connectivity index (χ4n) is 0.706. The fourth-order valence-corrected chi connectivity index (χ4v) is 0.706. The van der Waals surface area contributed by atoms with E-state index < -0.39 is 6.29 Å². The van der Waals surface area contributed by atoms with Gasteiger partial charge in [0.1, 0.15) is 0 Å². The van der Waals surface area contributed by atoms with Crippen LogP contribution >= 0.6 is 0 Å². The van der Waals surface area contributed by atoms with Crippen molar-refractivity contribution < 1.29 is 14.6 Å². The third kappa shape index (κ3) is 6.54. The van der Waals surface area contributed by atoms with Gasteiger partial charge in [0.2, 0.25) is 0 Å². The van der Waals surface area contributed by atoms with Crippen LogP contribution in [-0.4, -0.2) is 56.8 Å². The number of rotatable bonds is 7. The molecule has 1 unspecified atom stereocenters. The molecular weight excluding hydrogens is 158 g/mol. The summed E-state index contributed by atoms with van der Waals surface area (Å²) in [6.45, 7) is 3.77. The van der Waals surface area contributed by atoms with Crippen molar-refractivity contribution in [2.24, 2.45) is 0 Å². The van der Waals surface area contributed by atoms with Gasteiger partial charge in [-0.05, 0) is 21.0 Å². The first-order valence-corrected chi connectivity index (χ1v) is 4.19. The molecule has 12 heavy (non-hydrogen) atoms. The Labute approximate surface area is 74.1 Å². The summed E-state index contributed by atoms with van der Waals surface area (Å²) in [7, 11) is 3.94. The van der Waals surface area contributed by atoms with Crippen LogP contribution in [0, 0.1) is 0 Å². The number of aliphatic hydroxyl groups is 1. The Balaban J connectivity index is 3.31. The van der Waals surface area contributed by atoms with Crippen LogP contribution in [0.5, 0.6) is 0 Å². The second kappa shape index (κ2) is 7.49. The van der Waals surface area contributed by atoms with Crippen molar-refractivity contribution >= 4 is 0 Å². The molecule has 0 aliphatic carbocycles. The molecule has 0 aromatic heterocycles. The van der Waals surface area contributed by atoms with E-state index in [1.54, 1.807) is 0 Å². The fraction of sp³-hybridized carbons (Fsp3) is 1.00. The summed E-state index contributed by atoms with van der Waals surface area (Å²) in [5.74, 6) is 0. The maximum Gasteiger partial charge on any atom is 0.180 e. The lowest BCUT2D eigenvalue weighted by atomic mass is 10.6. The van der Waals surface area contributed by atoms with Gasteiger partial charge in [0, 0.05) is 13.2 Å². The van der Waals surface area contributed by atoms with E-state index in [4.69, 9.17) is 14.6 Å². The van der Waals surface area contributed by atoms with Crippen LogP contribution in [0.3, 0.4) is 0 Å². The molecule has 74 valence electrons. The average Bonchev–Trinajstić information content (AvgIpc) is 2.02. The van der Waals surface area contributed by atoms with Crippen LogP contribution in [0.15, 0.2) is 0 Å². The van der Waals surface area contributed by atoms with Crippen LogP contribution in [0.4, 0.5) is 0 Å². The molecular formula is C8H19NO3. The molecule has 0 heterocycles. The predicted molar refractivity (Wildman–Crippen MR) is 47.0 cm³/mol. The summed E-state index contributed by atoms with van der Waals surface area (Å²) in [5, 5.41) is 8.76. The average molecular weight is 177 g/mol. The van der Waals surface area contributed by atoms with Crippen LogP contribution in [0.1, 0.15) is 6.92 Å². The lowest BCUT2D eigenvalue weighted by molar-refractivity contribution is -0.160. The third-order valence-electron chi connectivity index (χ3n) is 1.34. The summed E-state index contributed by atoms with van der Waals surface area (Å²) in [6, 6.07) is 0. The molecule has 0 saturated carbocycles. The molecule has 0 amide bonds. The largest absolute Gasteiger partial charge is 0.391 e. The van der Waals surface area contributed by atoms with E-state index >= 15 is 0 Å². The van der Waals surface area contributed by atoms with Crippen molar-refractivity contribution in [3.8, 4) is 0 Å². The van der Waals surface area contributed by atoms with Gasteiger partial charge >= 0.3 is 0 Å². The van der Waals surface area contributed by atoms with Crippen LogP contribution in [0.25, 0.3) is 0 Å². The highest BCUT2D eigenvalue weighted by atomic mass is 16.7. The van der Waals surface area contributed by atoms with Crippen LogP contribution in [-0.2, 0) is 9.47 Å². The standard InChI is InChI=1S/C8H19NO3/c1-4-11-8(7-10)12-6-5-9(2)3/h8,10H,4-7H2,1-3H3. The Bertz CT molecular complexity index is 98.3. The number of hydrogen-bond donors (Lipinski definition) is 1. The second-order valence-electron chi connectivity index (χ2n) is 2.74. The number of likely N-dealkylation sites (N-methyl/N-ethyl adjacent to an activating group) is 1. The Hall–Kier alpha value is -0.160. The summed E-state index contributed by atoms with van der Waals surface area (Å²) in [6.07, 6.45) is -0.463. The molecule has 4 heteroatoms. The molecule has 1 atom stereocenters. The zero-order valence-electron chi connectivity index (χ0n) is 8.12. The summed E-state index contributed by atoms with van der Waals surface area (Å²) >= 11 is 0. The number of nitrogens with zero attached hydrogens (tertiary/aromatic N) is 1. The maximum absolute atomic E-state index is 8.76. The van der Waals surface area contributed by atoms with E-state index in [9.17, 15) is 0 Å². The summed E-state index contributed by atoms with van der Waals surface area (Å²) in [4.78, 5) is 2.01. The van der Waals surface area contributed by atoms with Gasteiger partial charge in [-0.25, -0.2) is 0 Å². The van der Waals surface area contributed by atoms with E-state index in [2.05, 4.69) is 0 Å². The quantitative estimate of drug-likeness (QED) is 0.552. The topological polar surface area (TPSA) is 41.9 Å². The highest BCUT2D eigenvalue weighted by Gasteiger charge is 2.05. The molecule has 1 N–H and O–H groups in total. The number of ether oxygens (including phenoxy) is 2. The van der Waals surface area contributed by atoms with E-state index in [1.807, 2.05) is 25.9 Å². The van der Waals surface area contributed by atoms with E-state index in [0.29, 0.717) is 13.2 Å². The summed E-state index contributed by atoms with van der Waals surface area (Å²) in [5.41, 5.74) is 0. The predicted octanol–water partition coefficient (Wildman–Crippen LogP) is -0.0805. The normalized spacial score (nSPS) is 13.8. The van der Waals surface area contributed by atoms with Gasteiger partial charge in [0.25, 0.3) is 0 Å². The lowest BCUT2D eigenvalue weighted by Crippen LogP contribution is -2.26. The van der Waals surface area contributed by atoms with Crippen LogP contribution < -0.4 is 0 Å². The Morgan fingerprint density at radius 2 is 2.00 bits per heavy atom. The van der Waals surface area contributed by atoms with Gasteiger partial charge in [-0.1, -0.05) is 0 Å². The molecule has 0 saturated heterocycles. The number of hydrogen-bond acceptors (Lipinski definition) is 4. The first kappa shape index (κ1) is 11.8. The third-order valence-corrected chi connectivity index (χ3v) is 1.34. The Morgan fingerprint density at radius 1 is 1.33 bits per heavy atom. The minimum Gasteiger partial charge on any atom is -0.391 e. The SMILES string of the molecule is CCOC(CO)OCCN(C)C. The molecule has 0 fully saturated rings. The van der Waals surface area contributed by atoms with Gasteiger partial charge in [-0.15, -0.1) is 0 Å². The van der Waals surface area contributed by atoms with Crippen molar-refractivity contribution in [2.75, 3.05) is 40.5 Å². The van der Waals surface area contributed by atoms with Crippen molar-refractivity contribution in [3.05, 3.63) is 0 Å². The van der Waals surface area contributed by atoms with Crippen molar-refractivity contribution in [1.82, 2.24) is 4.90 Å². The monoisotopic (exact) mass is 177 g/mol. The molecule has 0 rings (SSSR count). The molecule has 0 radical (unpaired) electrons. The van der Waals surface area contributed by atoms with Gasteiger partial charge in [-0.2, -0.15) is 0 Å². The van der Waals surface area contributed by atoms with Crippen molar-refractivity contribution in [1.29, 1.82) is 0 Å². The van der Waals surface area contributed by atoms with Crippen LogP contribution in [0.2, 0.25) is 0 Å². The first-order valence-electron chi connectivity index (χ1n) is 4.19. The highest BCUT2D eigenvalue weighted by Crippen LogP contribution is 1.93. The van der Waals surface area contributed by atoms with E-state index in [-0.39, 0.29) is 6.61 Å². The molecule has 0 bridgehead atoms. The van der Waals surface area contributed by atoms with Gasteiger partial charge in [-0.3, -0.25) is 0 Å². The summed E-state index contributed by atoms with van der Waals surface area (Å²) < 4.78 is 10.3. The minimum absolute atomic E-state index is 0.0821. The molecule has 0 aromatic carbocycles. The van der Waals surface area contributed by atoms with Crippen molar-refractivity contribution in [2.45, 2.75) is 13.2 Å². The van der Waals surface area contributed by atoms with Gasteiger partial charge in [0.05, 0.1) is 13.2 Å². The smallest absolute Gasteiger partial charge is 0.180 e. The zero-order valence-corrected chi connectivity index (χ0v) is 8.12. The highest BCUT2D eigenvalue weighted by molar-refractivity contribution is 4.43. The maximum atomic E-state index is 8.76. The molecule has 0 spiro atoms. The molecule has 4 nitrogen and oxygen atoms in total. The van der Waals surface area contributed by atoms with E-state index in [0.717, 1.165) is 6.54 Å². The molecule has 0 aromatic rings. The zero-order chi connectivity index (χ0) is 9.40. The van der Waals surface area contributed by atoms with E-state index in [1.165, 1.54) is 0 Å². The Morgan fingerprint density at radius 3 is 2.42 bits per heavy atom. The number of aliphatic hydroxyl groups excluding tert-OH is 1. The first-order chi connectivity index (χ1) is 5.70. The Kier molecular flexibility index (Phi) is 7.39. The minimum atomic E-state index is -0.463.